The van der Waals surface area contributed by atoms with Gasteiger partial charge in [-0.15, -0.1) is 0 Å². The Labute approximate surface area is 151 Å². The molecule has 3 aromatic rings. The van der Waals surface area contributed by atoms with E-state index in [0.29, 0.717) is 0 Å². The van der Waals surface area contributed by atoms with Gasteiger partial charge < -0.3 is 5.32 Å². The molecule has 2 heterocycles. The Balaban J connectivity index is 2.18. The van der Waals surface area contributed by atoms with E-state index in [-0.39, 0.29) is 11.0 Å². The van der Waals surface area contributed by atoms with E-state index in [9.17, 15) is 0 Å². The van der Waals surface area contributed by atoms with Crippen LogP contribution in [0.3, 0.4) is 0 Å². The highest BCUT2D eigenvalue weighted by atomic mass is 15.2. The lowest BCUT2D eigenvalue weighted by molar-refractivity contribution is 0.590. The smallest absolute Gasteiger partial charge is 0.142 e. The lowest BCUT2D eigenvalue weighted by atomic mass is 9.86. The topological polar surface area (TPSA) is 29.3 Å². The Hall–Kier alpha value is -2.29. The number of hydrogen-bond acceptors (Lipinski definition) is 2. The summed E-state index contributed by atoms with van der Waals surface area (Å²) >= 11 is 0. The summed E-state index contributed by atoms with van der Waals surface area (Å²) in [5.41, 5.74) is 5.77. The first kappa shape index (κ1) is 17.5. The van der Waals surface area contributed by atoms with Crippen molar-refractivity contribution in [3.05, 3.63) is 53.7 Å². The summed E-state index contributed by atoms with van der Waals surface area (Å²) in [6, 6.07) is 13.0. The lowest BCUT2D eigenvalue weighted by Crippen LogP contribution is -2.27. The largest absolute Gasteiger partial charge is 0.365 e. The number of anilines is 1. The van der Waals surface area contributed by atoms with Crippen molar-refractivity contribution in [1.82, 2.24) is 9.38 Å². The summed E-state index contributed by atoms with van der Waals surface area (Å²) in [7, 11) is 0. The van der Waals surface area contributed by atoms with Crippen molar-refractivity contribution in [3.8, 4) is 11.3 Å². The quantitative estimate of drug-likeness (QED) is 0.639. The highest BCUT2D eigenvalue weighted by molar-refractivity contribution is 5.78. The summed E-state index contributed by atoms with van der Waals surface area (Å²) < 4.78 is 2.16. The number of aryl methyl sites for hydroxylation is 1. The number of nitrogens with zero attached hydrogens (tertiary/aromatic N) is 2. The maximum atomic E-state index is 4.96. The van der Waals surface area contributed by atoms with E-state index in [1.807, 2.05) is 0 Å². The van der Waals surface area contributed by atoms with E-state index < -0.39 is 0 Å². The summed E-state index contributed by atoms with van der Waals surface area (Å²) in [6.45, 7) is 15.3. The number of nitrogens with one attached hydrogen (secondary N) is 1. The number of imidazole rings is 1. The fraction of sp³-hybridized carbons (Fsp3) is 0.409. The minimum absolute atomic E-state index is 0.0419. The second-order valence-corrected chi connectivity index (χ2v) is 8.90. The van der Waals surface area contributed by atoms with Gasteiger partial charge in [-0.3, -0.25) is 4.40 Å². The molecule has 0 unspecified atom stereocenters. The van der Waals surface area contributed by atoms with Gasteiger partial charge in [0.15, 0.2) is 0 Å². The zero-order valence-corrected chi connectivity index (χ0v) is 16.4. The van der Waals surface area contributed by atoms with Crippen LogP contribution in [-0.4, -0.2) is 14.9 Å². The Kier molecular flexibility index (Phi) is 4.14. The molecule has 1 aromatic carbocycles. The van der Waals surface area contributed by atoms with Crippen molar-refractivity contribution in [2.45, 2.75) is 59.4 Å². The summed E-state index contributed by atoms with van der Waals surface area (Å²) in [4.78, 5) is 4.96. The minimum Gasteiger partial charge on any atom is -0.365 e. The summed E-state index contributed by atoms with van der Waals surface area (Å²) in [5, 5.41) is 3.64. The number of aromatic nitrogens is 2. The predicted octanol–water partition coefficient (Wildman–Crippen LogP) is 5.82. The number of pyridine rings is 1. The first-order valence-electron chi connectivity index (χ1n) is 8.93. The number of benzene rings is 1. The van der Waals surface area contributed by atoms with Gasteiger partial charge in [0.1, 0.15) is 17.2 Å². The van der Waals surface area contributed by atoms with Gasteiger partial charge in [0, 0.05) is 17.3 Å². The normalized spacial score (nSPS) is 12.6. The average molecular weight is 335 g/mol. The standard InChI is InChI=1S/C22H29N3/c1-15-9-8-14-25-19(15)23-18(20(25)24-22(5,6)7)16-10-12-17(13-11-16)21(2,3)4/h8-14,24H,1-7H3. The van der Waals surface area contributed by atoms with Crippen LogP contribution in [0.5, 0.6) is 0 Å². The second-order valence-electron chi connectivity index (χ2n) is 8.90. The van der Waals surface area contributed by atoms with Gasteiger partial charge in [0.2, 0.25) is 0 Å². The second kappa shape index (κ2) is 5.91. The molecule has 25 heavy (non-hydrogen) atoms. The van der Waals surface area contributed by atoms with E-state index >= 15 is 0 Å². The molecule has 0 fully saturated rings. The molecule has 0 saturated carbocycles. The monoisotopic (exact) mass is 335 g/mol. The van der Waals surface area contributed by atoms with E-state index in [1.165, 1.54) is 11.1 Å². The number of fused-ring (bicyclic) bond motifs is 1. The van der Waals surface area contributed by atoms with Gasteiger partial charge >= 0.3 is 0 Å². The van der Waals surface area contributed by atoms with Gasteiger partial charge in [-0.05, 0) is 50.3 Å². The Morgan fingerprint density at radius 1 is 0.920 bits per heavy atom. The first-order valence-corrected chi connectivity index (χ1v) is 8.93. The van der Waals surface area contributed by atoms with Crippen molar-refractivity contribution < 1.29 is 0 Å². The molecule has 2 aromatic heterocycles. The van der Waals surface area contributed by atoms with Crippen molar-refractivity contribution in [2.24, 2.45) is 0 Å². The Morgan fingerprint density at radius 3 is 2.12 bits per heavy atom. The zero-order chi connectivity index (χ0) is 18.4. The van der Waals surface area contributed by atoms with E-state index in [4.69, 9.17) is 4.98 Å². The van der Waals surface area contributed by atoms with Crippen LogP contribution in [0.4, 0.5) is 5.82 Å². The third-order valence-corrected chi connectivity index (χ3v) is 4.36. The molecule has 3 nitrogen and oxygen atoms in total. The SMILES string of the molecule is Cc1cccn2c(NC(C)(C)C)c(-c3ccc(C(C)(C)C)cc3)nc12. The fourth-order valence-corrected chi connectivity index (χ4v) is 3.01. The highest BCUT2D eigenvalue weighted by Gasteiger charge is 2.20. The number of rotatable bonds is 2. The molecule has 0 aliphatic rings. The van der Waals surface area contributed by atoms with Crippen LogP contribution < -0.4 is 5.32 Å². The van der Waals surface area contributed by atoms with Crippen molar-refractivity contribution in [1.29, 1.82) is 0 Å². The molecule has 0 bridgehead atoms. The van der Waals surface area contributed by atoms with Crippen LogP contribution in [0, 0.1) is 6.92 Å². The number of hydrogen-bond donors (Lipinski definition) is 1. The molecule has 0 radical (unpaired) electrons. The Bertz CT molecular complexity index is 888. The van der Waals surface area contributed by atoms with Gasteiger partial charge in [-0.25, -0.2) is 4.98 Å². The van der Waals surface area contributed by atoms with Gasteiger partial charge in [0.05, 0.1) is 0 Å². The van der Waals surface area contributed by atoms with Crippen LogP contribution >= 0.6 is 0 Å². The molecule has 1 N–H and O–H groups in total. The maximum absolute atomic E-state index is 4.96. The predicted molar refractivity (Wildman–Crippen MR) is 107 cm³/mol. The molecule has 0 saturated heterocycles. The summed E-state index contributed by atoms with van der Waals surface area (Å²) in [5.74, 6) is 1.05. The van der Waals surface area contributed by atoms with Crippen LogP contribution in [-0.2, 0) is 5.41 Å². The molecule has 0 aliphatic heterocycles. The van der Waals surface area contributed by atoms with Gasteiger partial charge in [-0.1, -0.05) is 51.1 Å². The molecule has 3 rings (SSSR count). The van der Waals surface area contributed by atoms with E-state index in [2.05, 4.69) is 101 Å². The third-order valence-electron chi connectivity index (χ3n) is 4.36. The maximum Gasteiger partial charge on any atom is 0.142 e. The Morgan fingerprint density at radius 2 is 1.56 bits per heavy atom. The van der Waals surface area contributed by atoms with Crippen LogP contribution in [0.2, 0.25) is 0 Å². The van der Waals surface area contributed by atoms with Crippen LogP contribution in [0.15, 0.2) is 42.6 Å². The van der Waals surface area contributed by atoms with Crippen molar-refractivity contribution in [2.75, 3.05) is 5.32 Å². The molecular formula is C22H29N3. The highest BCUT2D eigenvalue weighted by Crippen LogP contribution is 2.33. The minimum atomic E-state index is -0.0419. The van der Waals surface area contributed by atoms with Gasteiger partial charge in [0.25, 0.3) is 0 Å². The summed E-state index contributed by atoms with van der Waals surface area (Å²) in [6.07, 6.45) is 2.08. The van der Waals surface area contributed by atoms with Gasteiger partial charge in [-0.2, -0.15) is 0 Å². The first-order chi connectivity index (χ1) is 11.6. The molecule has 0 atom stereocenters. The lowest BCUT2D eigenvalue weighted by Gasteiger charge is -2.23. The van der Waals surface area contributed by atoms with Crippen LogP contribution in [0.25, 0.3) is 16.9 Å². The fourth-order valence-electron chi connectivity index (χ4n) is 3.01. The van der Waals surface area contributed by atoms with E-state index in [0.717, 1.165) is 22.7 Å². The van der Waals surface area contributed by atoms with Crippen molar-refractivity contribution >= 4 is 11.5 Å². The van der Waals surface area contributed by atoms with E-state index in [1.54, 1.807) is 0 Å². The molecule has 3 heteroatoms. The molecule has 0 aliphatic carbocycles. The third kappa shape index (κ3) is 3.55. The van der Waals surface area contributed by atoms with Crippen LogP contribution in [0.1, 0.15) is 52.7 Å². The zero-order valence-electron chi connectivity index (χ0n) is 16.4. The van der Waals surface area contributed by atoms with Crippen molar-refractivity contribution in [3.63, 3.8) is 0 Å². The molecule has 132 valence electrons. The molecular weight excluding hydrogens is 306 g/mol. The average Bonchev–Trinajstić information content (AvgIpc) is 2.85. The molecule has 0 spiro atoms. The molecule has 0 amide bonds.